The Labute approximate surface area is 230 Å². The van der Waals surface area contributed by atoms with Gasteiger partial charge in [0.1, 0.15) is 27.8 Å². The molecule has 4 aromatic rings. The molecule has 206 valence electrons. The molecule has 15 heteroatoms. The molecule has 2 heterocycles. The fourth-order valence-corrected chi connectivity index (χ4v) is 4.98. The van der Waals surface area contributed by atoms with Crippen LogP contribution in [0.4, 0.5) is 27.8 Å². The number of carbonyl (C=O) groups is 1. The molecule has 0 aliphatic heterocycles. The van der Waals surface area contributed by atoms with Crippen LogP contribution in [0.2, 0.25) is 10.2 Å². The van der Waals surface area contributed by atoms with Gasteiger partial charge >= 0.3 is 12.1 Å². The highest BCUT2D eigenvalue weighted by Gasteiger charge is 2.40. The number of aromatic nitrogens is 3. The maximum Gasteiger partial charge on any atom is 0.471 e. The number of benzene rings is 2. The molecule has 4 rings (SSSR count). The van der Waals surface area contributed by atoms with Crippen molar-refractivity contribution in [3.05, 3.63) is 75.5 Å². The van der Waals surface area contributed by atoms with Gasteiger partial charge in [-0.1, -0.05) is 29.3 Å². The summed E-state index contributed by atoms with van der Waals surface area (Å²) in [5.74, 6) is -3.99. The Kier molecular flexibility index (Phi) is 8.14. The molecule has 7 nitrogen and oxygen atoms in total. The minimum atomic E-state index is -5.25. The summed E-state index contributed by atoms with van der Waals surface area (Å²) in [7, 11) is 0.0719. The normalized spacial score (nSPS) is 13.4. The van der Waals surface area contributed by atoms with E-state index in [2.05, 4.69) is 14.8 Å². The van der Waals surface area contributed by atoms with Crippen molar-refractivity contribution in [2.75, 3.05) is 11.0 Å². The van der Waals surface area contributed by atoms with Crippen LogP contribution in [-0.2, 0) is 29.2 Å². The van der Waals surface area contributed by atoms with E-state index in [1.165, 1.54) is 29.1 Å². The second-order valence-electron chi connectivity index (χ2n) is 8.42. The first-order valence-electron chi connectivity index (χ1n) is 11.0. The lowest BCUT2D eigenvalue weighted by Gasteiger charge is -2.23. The number of rotatable bonds is 7. The third-order valence-electron chi connectivity index (χ3n) is 5.61. The van der Waals surface area contributed by atoms with E-state index in [4.69, 9.17) is 23.2 Å². The van der Waals surface area contributed by atoms with E-state index in [1.54, 1.807) is 13.1 Å². The predicted molar refractivity (Wildman–Crippen MR) is 139 cm³/mol. The van der Waals surface area contributed by atoms with Crippen molar-refractivity contribution in [3.63, 3.8) is 0 Å². The SMILES string of the molecule is Cn1nc(NS(C)=O)c2c(Cl)ccc(-c3ccc(Cl)nc3C(Cc3cc(F)cc(F)c3)NC(=O)C(F)(F)F)c21. The lowest BCUT2D eigenvalue weighted by atomic mass is 9.94. The van der Waals surface area contributed by atoms with Crippen molar-refractivity contribution >= 4 is 56.8 Å². The minimum Gasteiger partial charge on any atom is -0.340 e. The molecule has 0 radical (unpaired) electrons. The number of hydrogen-bond acceptors (Lipinski definition) is 4. The first-order chi connectivity index (χ1) is 18.2. The van der Waals surface area contributed by atoms with E-state index < -0.39 is 47.2 Å². The Bertz CT molecular complexity index is 1590. The summed E-state index contributed by atoms with van der Waals surface area (Å²) in [6.45, 7) is 0. The molecular weight excluding hydrogens is 588 g/mol. The van der Waals surface area contributed by atoms with Gasteiger partial charge < -0.3 is 5.32 Å². The highest BCUT2D eigenvalue weighted by Crippen LogP contribution is 2.40. The van der Waals surface area contributed by atoms with E-state index in [1.807, 2.05) is 5.32 Å². The van der Waals surface area contributed by atoms with Gasteiger partial charge in [-0.05, 0) is 42.3 Å². The van der Waals surface area contributed by atoms with E-state index in [-0.39, 0.29) is 32.8 Å². The molecule has 2 aromatic carbocycles. The molecule has 1 amide bonds. The van der Waals surface area contributed by atoms with Gasteiger partial charge in [0.15, 0.2) is 5.82 Å². The van der Waals surface area contributed by atoms with Gasteiger partial charge in [-0.15, -0.1) is 0 Å². The Morgan fingerprint density at radius 1 is 1.08 bits per heavy atom. The molecule has 0 bridgehead atoms. The summed E-state index contributed by atoms with van der Waals surface area (Å²) in [5, 5.41) is 6.70. The molecule has 0 aliphatic carbocycles. The quantitative estimate of drug-likeness (QED) is 0.203. The Balaban J connectivity index is 1.94. The van der Waals surface area contributed by atoms with E-state index in [0.29, 0.717) is 22.5 Å². The maximum atomic E-state index is 13.9. The molecule has 0 spiro atoms. The largest absolute Gasteiger partial charge is 0.471 e. The predicted octanol–water partition coefficient (Wildman–Crippen LogP) is 5.89. The van der Waals surface area contributed by atoms with Gasteiger partial charge in [0.25, 0.3) is 0 Å². The molecule has 2 aromatic heterocycles. The number of amides is 1. The van der Waals surface area contributed by atoms with Crippen LogP contribution >= 0.6 is 23.2 Å². The number of carbonyl (C=O) groups excluding carboxylic acids is 1. The van der Waals surface area contributed by atoms with E-state index >= 15 is 0 Å². The van der Waals surface area contributed by atoms with Gasteiger partial charge in [-0.3, -0.25) is 14.2 Å². The topological polar surface area (TPSA) is 88.9 Å². The number of hydrogen-bond donors (Lipinski definition) is 2. The fraction of sp³-hybridized carbons (Fsp3) is 0.208. The number of nitrogens with one attached hydrogen (secondary N) is 2. The van der Waals surface area contributed by atoms with Crippen LogP contribution in [0, 0.1) is 11.6 Å². The summed E-state index contributed by atoms with van der Waals surface area (Å²) >= 11 is 12.5. The second-order valence-corrected chi connectivity index (χ2v) is 10.3. The lowest BCUT2D eigenvalue weighted by Crippen LogP contribution is -2.40. The van der Waals surface area contributed by atoms with Crippen LogP contribution < -0.4 is 10.0 Å². The first kappa shape index (κ1) is 28.7. The number of anilines is 1. The number of pyridine rings is 1. The Morgan fingerprint density at radius 3 is 2.33 bits per heavy atom. The van der Waals surface area contributed by atoms with Crippen LogP contribution in [0.25, 0.3) is 22.0 Å². The van der Waals surface area contributed by atoms with Gasteiger partial charge in [0, 0.05) is 30.5 Å². The first-order valence-corrected chi connectivity index (χ1v) is 13.3. The monoisotopic (exact) mass is 605 g/mol. The molecule has 2 N–H and O–H groups in total. The summed E-state index contributed by atoms with van der Waals surface area (Å²) in [6, 6.07) is 6.90. The molecule has 0 saturated heterocycles. The van der Waals surface area contributed by atoms with Crippen LogP contribution in [0.3, 0.4) is 0 Å². The highest BCUT2D eigenvalue weighted by atomic mass is 35.5. The zero-order chi connectivity index (χ0) is 28.6. The van der Waals surface area contributed by atoms with Gasteiger partial charge in [-0.25, -0.2) is 18.0 Å². The molecule has 0 saturated carbocycles. The minimum absolute atomic E-state index is 0.0357. The summed E-state index contributed by atoms with van der Waals surface area (Å²) < 4.78 is 83.5. The molecule has 2 atom stereocenters. The van der Waals surface area contributed by atoms with Crippen molar-refractivity contribution in [2.45, 2.75) is 18.6 Å². The van der Waals surface area contributed by atoms with Crippen molar-refractivity contribution < 1.29 is 31.0 Å². The number of halogens is 7. The molecule has 2 unspecified atom stereocenters. The van der Waals surface area contributed by atoms with E-state index in [0.717, 1.165) is 12.1 Å². The third-order valence-corrected chi connectivity index (χ3v) is 6.62. The Hall–Kier alpha value is -3.29. The smallest absolute Gasteiger partial charge is 0.340 e. The van der Waals surface area contributed by atoms with Crippen molar-refractivity contribution in [3.8, 4) is 11.1 Å². The average Bonchev–Trinajstić information content (AvgIpc) is 3.14. The van der Waals surface area contributed by atoms with Crippen molar-refractivity contribution in [2.24, 2.45) is 7.05 Å². The molecule has 0 fully saturated rings. The molecular formula is C24H18Cl2F5N5O2S. The third kappa shape index (κ3) is 6.31. The van der Waals surface area contributed by atoms with Crippen molar-refractivity contribution in [1.82, 2.24) is 20.1 Å². The second kappa shape index (κ2) is 11.1. The van der Waals surface area contributed by atoms with Gasteiger partial charge in [-0.2, -0.15) is 18.3 Å². The summed E-state index contributed by atoms with van der Waals surface area (Å²) in [5.41, 5.74) is 0.876. The molecule has 39 heavy (non-hydrogen) atoms. The Morgan fingerprint density at radius 2 is 1.72 bits per heavy atom. The average molecular weight is 606 g/mol. The number of alkyl halides is 3. The summed E-state index contributed by atoms with van der Waals surface area (Å²) in [4.78, 5) is 16.2. The lowest BCUT2D eigenvalue weighted by molar-refractivity contribution is -0.174. The van der Waals surface area contributed by atoms with Crippen LogP contribution in [0.1, 0.15) is 17.3 Å². The van der Waals surface area contributed by atoms with Gasteiger partial charge in [0.2, 0.25) is 0 Å². The summed E-state index contributed by atoms with van der Waals surface area (Å²) in [6.07, 6.45) is -4.32. The number of aryl methyl sites for hydroxylation is 1. The van der Waals surface area contributed by atoms with Crippen LogP contribution in [0.5, 0.6) is 0 Å². The standard InChI is InChI=1S/C24H18Cl2F5N5O2S/c1-36-21-15(3-5-16(25)19(21)22(34-36)35-39(2)38)14-4-6-18(26)33-20(14)17(32-23(37)24(29,30)31)9-11-7-12(27)10-13(28)8-11/h3-8,10,17H,9H2,1-2H3,(H,32,37)(H,34,35). The van der Waals surface area contributed by atoms with Crippen LogP contribution in [-0.4, -0.2) is 37.3 Å². The van der Waals surface area contributed by atoms with Crippen molar-refractivity contribution in [1.29, 1.82) is 0 Å². The number of nitrogens with zero attached hydrogens (tertiary/aromatic N) is 3. The zero-order valence-electron chi connectivity index (χ0n) is 20.0. The highest BCUT2D eigenvalue weighted by molar-refractivity contribution is 7.85. The zero-order valence-corrected chi connectivity index (χ0v) is 22.4. The van der Waals surface area contributed by atoms with E-state index in [9.17, 15) is 31.0 Å². The maximum absolute atomic E-state index is 13.9. The van der Waals surface area contributed by atoms with Gasteiger partial charge in [0.05, 0.1) is 27.7 Å². The number of fused-ring (bicyclic) bond motifs is 1. The molecule has 0 aliphatic rings. The fourth-order valence-electron chi connectivity index (χ4n) is 4.17. The van der Waals surface area contributed by atoms with Crippen LogP contribution in [0.15, 0.2) is 42.5 Å².